The predicted molar refractivity (Wildman–Crippen MR) is 119 cm³/mol. The fourth-order valence-electron chi connectivity index (χ4n) is 2.72. The van der Waals surface area contributed by atoms with Gasteiger partial charge in [-0.15, -0.1) is 0 Å². The number of aliphatic hydroxyl groups is 2. The Balaban J connectivity index is 3.44. The Bertz CT molecular complexity index is 386. The van der Waals surface area contributed by atoms with E-state index in [1.165, 1.54) is 57.8 Å². The van der Waals surface area contributed by atoms with Gasteiger partial charge in [-0.05, 0) is 64.0 Å². The molecule has 0 aromatic rings. The predicted octanol–water partition coefficient (Wildman–Crippen LogP) is 6.36. The van der Waals surface area contributed by atoms with Crippen LogP contribution in [0.5, 0.6) is 0 Å². The number of hydrogen-bond acceptors (Lipinski definition) is 4. The van der Waals surface area contributed by atoms with Gasteiger partial charge in [0.05, 0.1) is 6.61 Å². The molecule has 0 amide bonds. The quantitative estimate of drug-likeness (QED) is 0.0967. The average Bonchev–Trinajstić information content (AvgIpc) is 2.63. The van der Waals surface area contributed by atoms with E-state index >= 15 is 0 Å². The van der Waals surface area contributed by atoms with Gasteiger partial charge in [-0.1, -0.05) is 70.4 Å². The molecule has 0 aromatic heterocycles. The lowest BCUT2D eigenvalue weighted by atomic mass is 10.1. The van der Waals surface area contributed by atoms with Crippen LogP contribution in [0.4, 0.5) is 0 Å². The van der Waals surface area contributed by atoms with Gasteiger partial charge < -0.3 is 14.9 Å². The number of alkyl halides is 2. The van der Waals surface area contributed by atoms with Crippen molar-refractivity contribution in [1.29, 1.82) is 0 Å². The smallest absolute Gasteiger partial charge is 0.307 e. The lowest BCUT2D eigenvalue weighted by molar-refractivity contribution is -0.151. The van der Waals surface area contributed by atoms with Gasteiger partial charge in [0.1, 0.15) is 6.10 Å². The lowest BCUT2D eigenvalue weighted by Gasteiger charge is -2.25. The number of carbonyl (C=O) groups excluding carboxylic acids is 1. The molecular weight excluding hydrogens is 476 g/mol. The van der Waals surface area contributed by atoms with Crippen LogP contribution in [0.1, 0.15) is 96.8 Å². The van der Waals surface area contributed by atoms with Crippen molar-refractivity contribution in [2.45, 2.75) is 106 Å². The second kappa shape index (κ2) is 18.1. The fourth-order valence-corrected chi connectivity index (χ4v) is 3.37. The summed E-state index contributed by atoms with van der Waals surface area (Å²) in [6.45, 7) is 1.75. The van der Waals surface area contributed by atoms with Crippen LogP contribution in [-0.4, -0.2) is 32.3 Å². The zero-order valence-corrected chi connectivity index (χ0v) is 20.0. The molecule has 0 aliphatic carbocycles. The number of unbranched alkanes of at least 4 members (excludes halogenated alkanes) is 11. The summed E-state index contributed by atoms with van der Waals surface area (Å²) < 4.78 is 3.68. The molecule has 0 fully saturated rings. The van der Waals surface area contributed by atoms with E-state index < -0.39 is 22.1 Å². The van der Waals surface area contributed by atoms with Crippen LogP contribution < -0.4 is 0 Å². The molecule has 0 rings (SSSR count). The Kier molecular flexibility index (Phi) is 18.2. The Hall–Kier alpha value is 0.0900. The molecule has 0 saturated heterocycles. The van der Waals surface area contributed by atoms with Gasteiger partial charge in [-0.25, -0.2) is 0 Å². The summed E-state index contributed by atoms with van der Waals surface area (Å²) in [5.41, 5.74) is 0. The van der Waals surface area contributed by atoms with Crippen LogP contribution in [0, 0.1) is 0 Å². The molecule has 27 heavy (non-hydrogen) atoms. The zero-order valence-electron chi connectivity index (χ0n) is 16.8. The monoisotopic (exact) mass is 512 g/mol. The van der Waals surface area contributed by atoms with Crippen molar-refractivity contribution in [3.63, 3.8) is 0 Å². The van der Waals surface area contributed by atoms with Crippen molar-refractivity contribution in [2.24, 2.45) is 0 Å². The van der Waals surface area contributed by atoms with Gasteiger partial charge in [0.2, 0.25) is 3.42 Å². The van der Waals surface area contributed by atoms with Crippen molar-refractivity contribution in [3.05, 3.63) is 12.2 Å². The summed E-state index contributed by atoms with van der Waals surface area (Å²) in [7, 11) is 0. The second-order valence-corrected chi connectivity index (χ2v) is 10.5. The van der Waals surface area contributed by atoms with Gasteiger partial charge in [0.25, 0.3) is 0 Å². The van der Waals surface area contributed by atoms with E-state index in [2.05, 4.69) is 50.9 Å². The van der Waals surface area contributed by atoms with Crippen LogP contribution in [0.2, 0.25) is 0 Å². The van der Waals surface area contributed by atoms with Crippen LogP contribution >= 0.6 is 31.9 Å². The summed E-state index contributed by atoms with van der Waals surface area (Å²) in [4.78, 5) is 11.7. The van der Waals surface area contributed by atoms with Crippen LogP contribution in [-0.2, 0) is 9.53 Å². The summed E-state index contributed by atoms with van der Waals surface area (Å²) in [6, 6.07) is 0. The highest BCUT2D eigenvalue weighted by Gasteiger charge is 2.35. The molecule has 6 heteroatoms. The molecule has 1 unspecified atom stereocenters. The minimum absolute atomic E-state index is 0.315. The Morgan fingerprint density at radius 1 is 0.926 bits per heavy atom. The van der Waals surface area contributed by atoms with Crippen molar-refractivity contribution in [2.75, 3.05) is 6.61 Å². The summed E-state index contributed by atoms with van der Waals surface area (Å²) in [6.07, 6.45) is 19.5. The molecule has 0 radical (unpaired) electrons. The van der Waals surface area contributed by atoms with Crippen molar-refractivity contribution >= 4 is 37.8 Å². The molecule has 2 N–H and O–H groups in total. The highest BCUT2D eigenvalue weighted by Crippen LogP contribution is 2.32. The summed E-state index contributed by atoms with van der Waals surface area (Å²) in [5, 5.41) is 18.4. The van der Waals surface area contributed by atoms with Crippen molar-refractivity contribution in [1.82, 2.24) is 0 Å². The first-order chi connectivity index (χ1) is 12.9. The number of esters is 1. The van der Waals surface area contributed by atoms with Crippen LogP contribution in [0.15, 0.2) is 12.2 Å². The maximum Gasteiger partial charge on any atom is 0.307 e. The number of ether oxygens (including phenoxy) is 1. The molecule has 0 aliphatic heterocycles. The highest BCUT2D eigenvalue weighted by atomic mass is 79.9. The largest absolute Gasteiger partial charge is 0.434 e. The summed E-state index contributed by atoms with van der Waals surface area (Å²) in [5.74, 6) is -0.395. The minimum atomic E-state index is -1.41. The maximum absolute atomic E-state index is 11.7. The van der Waals surface area contributed by atoms with Gasteiger partial charge in [0, 0.05) is 6.42 Å². The normalized spacial score (nSPS) is 13.2. The molecule has 0 heterocycles. The topological polar surface area (TPSA) is 66.8 Å². The fraction of sp³-hybridized carbons (Fsp3) is 0.857. The molecule has 160 valence electrons. The third-order valence-electron chi connectivity index (χ3n) is 4.45. The van der Waals surface area contributed by atoms with E-state index in [9.17, 15) is 9.90 Å². The number of halogens is 2. The Morgan fingerprint density at radius 2 is 1.41 bits per heavy atom. The van der Waals surface area contributed by atoms with E-state index in [0.717, 1.165) is 25.7 Å². The number of hydrogen-bond donors (Lipinski definition) is 2. The van der Waals surface area contributed by atoms with Gasteiger partial charge in [-0.2, -0.15) is 0 Å². The van der Waals surface area contributed by atoms with Crippen LogP contribution in [0.25, 0.3) is 0 Å². The van der Waals surface area contributed by atoms with Crippen molar-refractivity contribution in [3.8, 4) is 0 Å². The summed E-state index contributed by atoms with van der Waals surface area (Å²) >= 11 is 6.11. The van der Waals surface area contributed by atoms with E-state index in [1.807, 2.05) is 0 Å². The second-order valence-electron chi connectivity index (χ2n) is 7.07. The van der Waals surface area contributed by atoms with Crippen LogP contribution in [0.3, 0.4) is 0 Å². The van der Waals surface area contributed by atoms with Gasteiger partial charge in [0.15, 0.2) is 0 Å². The standard InChI is InChI=1S/C21H38Br2O4/c1-2-3-4-5-6-7-8-9-10-11-12-13-14-15-16-17-20(26)27-21(22,23)19(25)18-24/h9-10,19,24-25H,2-8,11-18H2,1H3/b10-9-. The molecule has 1 atom stereocenters. The third-order valence-corrected chi connectivity index (χ3v) is 5.83. The van der Waals surface area contributed by atoms with Crippen molar-refractivity contribution < 1.29 is 19.7 Å². The Morgan fingerprint density at radius 3 is 1.93 bits per heavy atom. The van der Waals surface area contributed by atoms with Gasteiger partial charge in [-0.3, -0.25) is 4.79 Å². The SMILES string of the molecule is CCCCCCCC/C=C\CCCCCCCC(=O)OC(Br)(Br)C(O)CO. The highest BCUT2D eigenvalue weighted by molar-refractivity contribution is 9.25. The number of allylic oxidation sites excluding steroid dienone is 2. The lowest BCUT2D eigenvalue weighted by Crippen LogP contribution is -2.37. The van der Waals surface area contributed by atoms with E-state index in [1.54, 1.807) is 0 Å². The Labute approximate surface area is 182 Å². The van der Waals surface area contributed by atoms with E-state index in [4.69, 9.17) is 9.84 Å². The molecule has 0 spiro atoms. The number of rotatable bonds is 18. The molecule has 0 saturated carbocycles. The molecule has 0 aromatic carbocycles. The maximum atomic E-state index is 11.7. The first-order valence-corrected chi connectivity index (χ1v) is 12.1. The van der Waals surface area contributed by atoms with E-state index in [0.29, 0.717) is 6.42 Å². The zero-order chi connectivity index (χ0) is 20.4. The molecule has 4 nitrogen and oxygen atoms in total. The number of carbonyl (C=O) groups is 1. The van der Waals surface area contributed by atoms with E-state index in [-0.39, 0.29) is 0 Å². The third kappa shape index (κ3) is 16.7. The number of aliphatic hydroxyl groups excluding tert-OH is 2. The molecule has 0 bridgehead atoms. The minimum Gasteiger partial charge on any atom is -0.434 e. The van der Waals surface area contributed by atoms with Gasteiger partial charge >= 0.3 is 5.97 Å². The molecular formula is C21H38Br2O4. The molecule has 0 aliphatic rings. The average molecular weight is 514 g/mol. The first kappa shape index (κ1) is 27.1. The first-order valence-electron chi connectivity index (χ1n) is 10.5.